The lowest BCUT2D eigenvalue weighted by atomic mass is 10.1. The van der Waals surface area contributed by atoms with Crippen LogP contribution in [0.5, 0.6) is 0 Å². The molecule has 0 spiro atoms. The number of ether oxygens (including phenoxy) is 1. The van der Waals surface area contributed by atoms with Gasteiger partial charge in [-0.05, 0) is 20.8 Å². The first kappa shape index (κ1) is 19.4. The number of carbonyl (C=O) groups is 2. The second-order valence-corrected chi connectivity index (χ2v) is 6.49. The number of rotatable bonds is 9. The van der Waals surface area contributed by atoms with Crippen LogP contribution in [0.15, 0.2) is 30.3 Å². The Labute approximate surface area is 135 Å². The summed E-state index contributed by atoms with van der Waals surface area (Å²) in [6, 6.07) is 8.20. The van der Waals surface area contributed by atoms with Gasteiger partial charge in [0.05, 0.1) is 19.8 Å². The second-order valence-electron chi connectivity index (χ2n) is 4.37. The molecule has 0 saturated heterocycles. The fraction of sp³-hybridized carbons (Fsp3) is 0.467. The molecule has 0 fully saturated rings. The van der Waals surface area contributed by atoms with Gasteiger partial charge in [0, 0.05) is 5.56 Å². The number of amides is 1. The van der Waals surface area contributed by atoms with Crippen LogP contribution in [0.1, 0.15) is 31.1 Å². The summed E-state index contributed by atoms with van der Waals surface area (Å²) in [6.45, 7) is 5.13. The van der Waals surface area contributed by atoms with Crippen LogP contribution in [0, 0.1) is 0 Å². The van der Waals surface area contributed by atoms with E-state index < -0.39 is 25.3 Å². The summed E-state index contributed by atoms with van der Waals surface area (Å²) < 4.78 is 28.1. The lowest BCUT2D eigenvalue weighted by Gasteiger charge is -2.25. The fourth-order valence-corrected chi connectivity index (χ4v) is 3.67. The van der Waals surface area contributed by atoms with E-state index in [-0.39, 0.29) is 25.4 Å². The molecule has 1 aromatic carbocycles. The van der Waals surface area contributed by atoms with Crippen molar-refractivity contribution in [3.63, 3.8) is 0 Å². The molecule has 1 aromatic rings. The molecule has 1 unspecified atom stereocenters. The number of hydrogen-bond donors (Lipinski definition) is 1. The van der Waals surface area contributed by atoms with Crippen molar-refractivity contribution >= 4 is 19.5 Å². The molecule has 0 radical (unpaired) electrons. The second kappa shape index (κ2) is 9.45. The molecule has 1 amide bonds. The monoisotopic (exact) mass is 343 g/mol. The Balaban J connectivity index is 3.16. The molecule has 0 saturated carbocycles. The third kappa shape index (κ3) is 5.46. The first-order valence-corrected chi connectivity index (χ1v) is 9.01. The van der Waals surface area contributed by atoms with Crippen LogP contribution >= 0.6 is 7.60 Å². The number of nitrogens with one attached hydrogen (secondary N) is 1. The molecule has 0 aromatic heterocycles. The molecule has 0 aliphatic heterocycles. The maximum absolute atomic E-state index is 12.9. The molecule has 0 aliphatic rings. The highest BCUT2D eigenvalue weighted by Crippen LogP contribution is 2.52. The number of benzene rings is 1. The molecule has 0 heterocycles. The standard InChI is InChI=1S/C15H22NO6P/c1-4-20-15(18)16-14(23(19,21-5-2)22-6-3)13(17)12-10-8-7-9-11-12/h7-11,14H,4-6H2,1-3H3,(H,16,18). The lowest BCUT2D eigenvalue weighted by Crippen LogP contribution is -2.42. The topological polar surface area (TPSA) is 90.9 Å². The summed E-state index contributed by atoms with van der Waals surface area (Å²) in [5.41, 5.74) is 0.286. The molecule has 1 N–H and O–H groups in total. The minimum Gasteiger partial charge on any atom is -0.450 e. The molecule has 7 nitrogen and oxygen atoms in total. The van der Waals surface area contributed by atoms with Crippen LogP contribution in [0.4, 0.5) is 4.79 Å². The molecule has 1 atom stereocenters. The predicted octanol–water partition coefficient (Wildman–Crippen LogP) is 3.21. The lowest BCUT2D eigenvalue weighted by molar-refractivity contribution is 0.0934. The summed E-state index contributed by atoms with van der Waals surface area (Å²) >= 11 is 0. The first-order chi connectivity index (χ1) is 11.0. The molecule has 8 heteroatoms. The van der Waals surface area contributed by atoms with Crippen molar-refractivity contribution in [3.8, 4) is 0 Å². The summed E-state index contributed by atoms with van der Waals surface area (Å²) in [7, 11) is -3.89. The van der Waals surface area contributed by atoms with Crippen molar-refractivity contribution < 1.29 is 27.9 Å². The highest BCUT2D eigenvalue weighted by Gasteiger charge is 2.42. The van der Waals surface area contributed by atoms with Gasteiger partial charge in [-0.2, -0.15) is 0 Å². The van der Waals surface area contributed by atoms with E-state index in [1.807, 2.05) is 0 Å². The number of carbonyl (C=O) groups excluding carboxylic acids is 2. The van der Waals surface area contributed by atoms with Crippen molar-refractivity contribution in [2.75, 3.05) is 19.8 Å². The zero-order valence-corrected chi connectivity index (χ0v) is 14.4. The van der Waals surface area contributed by atoms with E-state index in [1.165, 1.54) is 0 Å². The summed E-state index contributed by atoms with van der Waals surface area (Å²) in [5.74, 6) is -2.03. The normalized spacial score (nSPS) is 12.5. The zero-order valence-electron chi connectivity index (χ0n) is 13.5. The third-order valence-electron chi connectivity index (χ3n) is 2.77. The minimum atomic E-state index is -3.89. The molecule has 23 heavy (non-hydrogen) atoms. The summed E-state index contributed by atoms with van der Waals surface area (Å²) in [5, 5.41) is 2.30. The van der Waals surface area contributed by atoms with Crippen LogP contribution in [0.3, 0.4) is 0 Å². The number of alkyl carbamates (subject to hydrolysis) is 1. The van der Waals surface area contributed by atoms with E-state index in [4.69, 9.17) is 13.8 Å². The van der Waals surface area contributed by atoms with Crippen molar-refractivity contribution in [3.05, 3.63) is 35.9 Å². The number of ketones is 1. The Bertz CT molecular complexity index is 552. The fourth-order valence-electron chi connectivity index (χ4n) is 1.88. The van der Waals surface area contributed by atoms with E-state index in [1.54, 1.807) is 51.1 Å². The molecular formula is C15H22NO6P. The maximum Gasteiger partial charge on any atom is 0.408 e. The quantitative estimate of drug-likeness (QED) is 0.547. The van der Waals surface area contributed by atoms with Gasteiger partial charge in [0.15, 0.2) is 11.6 Å². The van der Waals surface area contributed by atoms with E-state index in [0.29, 0.717) is 0 Å². The Kier molecular flexibility index (Phi) is 7.95. The van der Waals surface area contributed by atoms with Gasteiger partial charge in [0.2, 0.25) is 0 Å². The van der Waals surface area contributed by atoms with Gasteiger partial charge in [-0.25, -0.2) is 4.79 Å². The molecule has 0 bridgehead atoms. The Morgan fingerprint density at radius 3 is 2.09 bits per heavy atom. The van der Waals surface area contributed by atoms with E-state index in [9.17, 15) is 14.2 Å². The average molecular weight is 343 g/mol. The zero-order chi connectivity index (χ0) is 17.3. The van der Waals surface area contributed by atoms with Crippen molar-refractivity contribution in [2.45, 2.75) is 26.6 Å². The van der Waals surface area contributed by atoms with Gasteiger partial charge < -0.3 is 19.1 Å². The van der Waals surface area contributed by atoms with Crippen LogP contribution < -0.4 is 5.32 Å². The molecule has 1 rings (SSSR count). The highest BCUT2D eigenvalue weighted by atomic mass is 31.2. The van der Waals surface area contributed by atoms with Gasteiger partial charge in [-0.1, -0.05) is 30.3 Å². The van der Waals surface area contributed by atoms with Gasteiger partial charge in [0.1, 0.15) is 0 Å². The van der Waals surface area contributed by atoms with Crippen molar-refractivity contribution in [2.24, 2.45) is 0 Å². The maximum atomic E-state index is 12.9. The Hall–Kier alpha value is -1.69. The molecular weight excluding hydrogens is 321 g/mol. The van der Waals surface area contributed by atoms with Crippen LogP contribution in [-0.4, -0.2) is 37.5 Å². The van der Waals surface area contributed by atoms with E-state index in [2.05, 4.69) is 5.32 Å². The first-order valence-electron chi connectivity index (χ1n) is 7.39. The van der Waals surface area contributed by atoms with Crippen molar-refractivity contribution in [1.29, 1.82) is 0 Å². The summed E-state index contributed by atoms with van der Waals surface area (Å²) in [4.78, 5) is 24.4. The predicted molar refractivity (Wildman–Crippen MR) is 85.6 cm³/mol. The van der Waals surface area contributed by atoms with Crippen molar-refractivity contribution in [1.82, 2.24) is 5.32 Å². The van der Waals surface area contributed by atoms with E-state index in [0.717, 1.165) is 0 Å². The largest absolute Gasteiger partial charge is 0.450 e. The van der Waals surface area contributed by atoms with Crippen LogP contribution in [-0.2, 0) is 18.3 Å². The average Bonchev–Trinajstić information content (AvgIpc) is 2.53. The van der Waals surface area contributed by atoms with Gasteiger partial charge in [-0.15, -0.1) is 0 Å². The third-order valence-corrected chi connectivity index (χ3v) is 5.00. The highest BCUT2D eigenvalue weighted by molar-refractivity contribution is 7.55. The van der Waals surface area contributed by atoms with Crippen LogP contribution in [0.2, 0.25) is 0 Å². The van der Waals surface area contributed by atoms with Gasteiger partial charge in [0.25, 0.3) is 0 Å². The smallest absolute Gasteiger partial charge is 0.408 e. The molecule has 128 valence electrons. The van der Waals surface area contributed by atoms with Crippen LogP contribution in [0.25, 0.3) is 0 Å². The Morgan fingerprint density at radius 2 is 1.61 bits per heavy atom. The minimum absolute atomic E-state index is 0.0698. The SMILES string of the molecule is CCOC(=O)NC(C(=O)c1ccccc1)P(=O)(OCC)OCC. The number of Topliss-reactive ketones (excluding diaryl/α,β-unsaturated/α-hetero) is 1. The summed E-state index contributed by atoms with van der Waals surface area (Å²) in [6.07, 6.45) is -0.860. The Morgan fingerprint density at radius 1 is 1.04 bits per heavy atom. The van der Waals surface area contributed by atoms with E-state index >= 15 is 0 Å². The number of hydrogen-bond acceptors (Lipinski definition) is 6. The van der Waals surface area contributed by atoms with Gasteiger partial charge in [-0.3, -0.25) is 9.36 Å². The van der Waals surface area contributed by atoms with Gasteiger partial charge >= 0.3 is 13.7 Å². The molecule has 0 aliphatic carbocycles.